The molecule has 1 aliphatic rings. The van der Waals surface area contributed by atoms with E-state index < -0.39 is 0 Å². The van der Waals surface area contributed by atoms with Crippen LogP contribution in [0, 0.1) is 0 Å². The predicted molar refractivity (Wildman–Crippen MR) is 52.4 cm³/mol. The minimum Gasteiger partial charge on any atom is -0.338 e. The van der Waals surface area contributed by atoms with Gasteiger partial charge in [0.15, 0.2) is 0 Å². The van der Waals surface area contributed by atoms with Gasteiger partial charge in [-0.1, -0.05) is 13.8 Å². The molecule has 72 valence electrons. The van der Waals surface area contributed by atoms with E-state index in [1.807, 2.05) is 19.4 Å². The van der Waals surface area contributed by atoms with E-state index in [4.69, 9.17) is 5.73 Å². The maximum absolute atomic E-state index is 6.23. The van der Waals surface area contributed by atoms with Gasteiger partial charge < -0.3 is 10.3 Å². The van der Waals surface area contributed by atoms with Gasteiger partial charge in [0, 0.05) is 30.4 Å². The number of nitrogens with two attached hydrogens (primary N) is 1. The van der Waals surface area contributed by atoms with Crippen LogP contribution in [0.4, 0.5) is 0 Å². The van der Waals surface area contributed by atoms with E-state index in [9.17, 15) is 0 Å². The molecule has 13 heavy (non-hydrogen) atoms. The van der Waals surface area contributed by atoms with Crippen molar-refractivity contribution < 1.29 is 0 Å². The summed E-state index contributed by atoms with van der Waals surface area (Å²) in [5.41, 5.74) is 6.20. The fourth-order valence-electron chi connectivity index (χ4n) is 1.95. The van der Waals surface area contributed by atoms with Crippen LogP contribution in [0.2, 0.25) is 0 Å². The van der Waals surface area contributed by atoms with Gasteiger partial charge in [-0.3, -0.25) is 0 Å². The predicted octanol–water partition coefficient (Wildman–Crippen LogP) is 1.19. The summed E-state index contributed by atoms with van der Waals surface area (Å²) in [4.78, 5) is 4.38. The normalized spacial score (nSPS) is 20.3. The Balaban J connectivity index is 2.40. The molecular formula is C10H17N3. The maximum atomic E-state index is 6.23. The van der Waals surface area contributed by atoms with Gasteiger partial charge in [0.2, 0.25) is 0 Å². The Morgan fingerprint density at radius 2 is 2.15 bits per heavy atom. The van der Waals surface area contributed by atoms with Crippen molar-refractivity contribution in [1.82, 2.24) is 9.55 Å². The summed E-state index contributed by atoms with van der Waals surface area (Å²) in [6.45, 7) is 4.37. The molecule has 0 atom stereocenters. The van der Waals surface area contributed by atoms with E-state index in [0.29, 0.717) is 0 Å². The van der Waals surface area contributed by atoms with E-state index in [1.165, 1.54) is 0 Å². The standard InChI is InChI=1S/C10H17N3/c1-9(2,10(11)4-5-10)8-12-6-7-13(8)3/h6-7H,4-5,11H2,1-3H3. The molecule has 3 nitrogen and oxygen atoms in total. The van der Waals surface area contributed by atoms with E-state index in [0.717, 1.165) is 18.7 Å². The number of hydrogen-bond acceptors (Lipinski definition) is 2. The van der Waals surface area contributed by atoms with Gasteiger partial charge in [0.1, 0.15) is 5.82 Å². The molecule has 1 heterocycles. The Morgan fingerprint density at radius 3 is 2.54 bits per heavy atom. The van der Waals surface area contributed by atoms with Gasteiger partial charge in [-0.2, -0.15) is 0 Å². The lowest BCUT2D eigenvalue weighted by Crippen LogP contribution is -2.44. The van der Waals surface area contributed by atoms with Gasteiger partial charge in [-0.05, 0) is 12.8 Å². The molecule has 1 aromatic rings. The second-order valence-corrected chi connectivity index (χ2v) is 4.64. The van der Waals surface area contributed by atoms with Crippen molar-refractivity contribution in [3.05, 3.63) is 18.2 Å². The van der Waals surface area contributed by atoms with Crippen LogP contribution in [0.5, 0.6) is 0 Å². The van der Waals surface area contributed by atoms with Crippen LogP contribution < -0.4 is 5.73 Å². The van der Waals surface area contributed by atoms with E-state index in [1.54, 1.807) is 0 Å². The molecule has 1 saturated carbocycles. The van der Waals surface area contributed by atoms with Crippen LogP contribution in [0.15, 0.2) is 12.4 Å². The SMILES string of the molecule is Cn1ccnc1C(C)(C)C1(N)CC1. The van der Waals surface area contributed by atoms with Crippen LogP contribution in [0.3, 0.4) is 0 Å². The third-order valence-electron chi connectivity index (χ3n) is 3.41. The molecule has 0 saturated heterocycles. The fourth-order valence-corrected chi connectivity index (χ4v) is 1.95. The smallest absolute Gasteiger partial charge is 0.115 e. The molecule has 0 bridgehead atoms. The lowest BCUT2D eigenvalue weighted by molar-refractivity contribution is 0.360. The first-order valence-corrected chi connectivity index (χ1v) is 4.74. The number of rotatable bonds is 2. The topological polar surface area (TPSA) is 43.8 Å². The Kier molecular flexibility index (Phi) is 1.58. The van der Waals surface area contributed by atoms with Crippen LogP contribution >= 0.6 is 0 Å². The van der Waals surface area contributed by atoms with Crippen molar-refractivity contribution in [1.29, 1.82) is 0 Å². The first kappa shape index (κ1) is 8.75. The van der Waals surface area contributed by atoms with Crippen LogP contribution in [0.1, 0.15) is 32.5 Å². The monoisotopic (exact) mass is 179 g/mol. The van der Waals surface area contributed by atoms with Gasteiger partial charge in [0.25, 0.3) is 0 Å². The molecule has 1 aromatic heterocycles. The number of aryl methyl sites for hydroxylation is 1. The first-order valence-electron chi connectivity index (χ1n) is 4.74. The highest BCUT2D eigenvalue weighted by atomic mass is 15.1. The molecule has 2 rings (SSSR count). The summed E-state index contributed by atoms with van der Waals surface area (Å²) in [5.74, 6) is 1.09. The van der Waals surface area contributed by atoms with Crippen molar-refractivity contribution in [2.24, 2.45) is 12.8 Å². The van der Waals surface area contributed by atoms with Crippen molar-refractivity contribution in [2.75, 3.05) is 0 Å². The van der Waals surface area contributed by atoms with Gasteiger partial charge in [0.05, 0.1) is 0 Å². The quantitative estimate of drug-likeness (QED) is 0.741. The van der Waals surface area contributed by atoms with E-state index in [-0.39, 0.29) is 11.0 Å². The van der Waals surface area contributed by atoms with Crippen molar-refractivity contribution in [2.45, 2.75) is 37.6 Å². The highest BCUT2D eigenvalue weighted by Crippen LogP contribution is 2.48. The Labute approximate surface area is 79.0 Å². The van der Waals surface area contributed by atoms with Gasteiger partial charge in [-0.15, -0.1) is 0 Å². The Bertz CT molecular complexity index is 321. The summed E-state index contributed by atoms with van der Waals surface area (Å²) in [6.07, 6.45) is 6.05. The highest BCUT2D eigenvalue weighted by Gasteiger charge is 2.53. The fraction of sp³-hybridized carbons (Fsp3) is 0.700. The largest absolute Gasteiger partial charge is 0.338 e. The van der Waals surface area contributed by atoms with Crippen molar-refractivity contribution in [3.63, 3.8) is 0 Å². The molecular weight excluding hydrogens is 162 g/mol. The zero-order valence-corrected chi connectivity index (χ0v) is 8.54. The van der Waals surface area contributed by atoms with Gasteiger partial charge in [-0.25, -0.2) is 4.98 Å². The highest BCUT2D eigenvalue weighted by molar-refractivity contribution is 5.23. The Hall–Kier alpha value is -0.830. The number of hydrogen-bond donors (Lipinski definition) is 1. The molecule has 3 heteroatoms. The third-order valence-corrected chi connectivity index (χ3v) is 3.41. The Morgan fingerprint density at radius 1 is 1.54 bits per heavy atom. The summed E-state index contributed by atoms with van der Waals surface area (Å²) in [6, 6.07) is 0. The summed E-state index contributed by atoms with van der Waals surface area (Å²) >= 11 is 0. The van der Waals surface area contributed by atoms with Crippen LogP contribution in [-0.2, 0) is 12.5 Å². The summed E-state index contributed by atoms with van der Waals surface area (Å²) in [7, 11) is 2.02. The molecule has 0 spiro atoms. The third kappa shape index (κ3) is 1.10. The molecule has 1 aliphatic carbocycles. The molecule has 1 fully saturated rings. The molecule has 0 aromatic carbocycles. The van der Waals surface area contributed by atoms with Gasteiger partial charge >= 0.3 is 0 Å². The molecule has 0 aliphatic heterocycles. The number of aromatic nitrogens is 2. The van der Waals surface area contributed by atoms with Crippen LogP contribution in [-0.4, -0.2) is 15.1 Å². The van der Waals surface area contributed by atoms with Crippen LogP contribution in [0.25, 0.3) is 0 Å². The van der Waals surface area contributed by atoms with Crippen molar-refractivity contribution >= 4 is 0 Å². The molecule has 0 amide bonds. The second-order valence-electron chi connectivity index (χ2n) is 4.64. The number of imidazole rings is 1. The van der Waals surface area contributed by atoms with E-state index in [2.05, 4.69) is 23.4 Å². The zero-order valence-electron chi connectivity index (χ0n) is 8.54. The minimum absolute atomic E-state index is 0.00868. The molecule has 0 unspecified atom stereocenters. The summed E-state index contributed by atoms with van der Waals surface area (Å²) in [5, 5.41) is 0. The maximum Gasteiger partial charge on any atom is 0.115 e. The minimum atomic E-state index is -0.0217. The first-order chi connectivity index (χ1) is 5.97. The van der Waals surface area contributed by atoms with E-state index >= 15 is 0 Å². The average molecular weight is 179 g/mol. The molecule has 2 N–H and O–H groups in total. The lowest BCUT2D eigenvalue weighted by Gasteiger charge is -2.31. The number of nitrogens with zero attached hydrogens (tertiary/aromatic N) is 2. The average Bonchev–Trinajstić information content (AvgIpc) is 2.63. The van der Waals surface area contributed by atoms with Crippen molar-refractivity contribution in [3.8, 4) is 0 Å². The molecule has 0 radical (unpaired) electrons. The second kappa shape index (κ2) is 2.35. The summed E-state index contributed by atoms with van der Waals surface area (Å²) < 4.78 is 2.06. The zero-order chi connectivity index (χ0) is 9.69. The lowest BCUT2D eigenvalue weighted by atomic mass is 9.81.